The van der Waals surface area contributed by atoms with Crippen molar-refractivity contribution in [3.05, 3.63) is 42.3 Å². The largest absolute Gasteiger partial charge is 0.314 e. The van der Waals surface area contributed by atoms with E-state index in [-0.39, 0.29) is 5.75 Å². The highest BCUT2D eigenvalue weighted by Crippen LogP contribution is 2.39. The molecule has 99 valence electrons. The second-order valence-electron chi connectivity index (χ2n) is 4.27. The Bertz CT molecular complexity index is 502. The first-order valence-corrected chi connectivity index (χ1v) is 8.11. The highest BCUT2D eigenvalue weighted by molar-refractivity contribution is 7.92. The van der Waals surface area contributed by atoms with Gasteiger partial charge in [-0.2, -0.15) is 0 Å². The standard InChI is InChI=1S/C12H14Cl2NO2S/c13-12(14,10-4-2-1-3-5-10)8-11-9-15-6-7-18(11,16)17/h1-5,8,11,15H,6-7,9H2. The first-order valence-electron chi connectivity index (χ1n) is 5.63. The number of hydrogen-bond donors (Lipinski definition) is 1. The summed E-state index contributed by atoms with van der Waals surface area (Å²) in [5.41, 5.74) is 0.675. The van der Waals surface area contributed by atoms with Gasteiger partial charge in [0.1, 0.15) is 4.33 Å². The monoisotopic (exact) mass is 306 g/mol. The zero-order valence-electron chi connectivity index (χ0n) is 9.64. The fourth-order valence-electron chi connectivity index (χ4n) is 1.89. The Morgan fingerprint density at radius 1 is 1.28 bits per heavy atom. The van der Waals surface area contributed by atoms with Gasteiger partial charge in [0, 0.05) is 19.5 Å². The van der Waals surface area contributed by atoms with Crippen LogP contribution in [0.4, 0.5) is 0 Å². The number of rotatable bonds is 3. The fraction of sp³-hybridized carbons (Fsp3) is 0.417. The molecule has 1 aromatic rings. The van der Waals surface area contributed by atoms with Crippen molar-refractivity contribution in [3.63, 3.8) is 0 Å². The van der Waals surface area contributed by atoms with Crippen molar-refractivity contribution in [2.75, 3.05) is 18.8 Å². The molecule has 18 heavy (non-hydrogen) atoms. The topological polar surface area (TPSA) is 46.2 Å². The van der Waals surface area contributed by atoms with Crippen LogP contribution in [0.25, 0.3) is 0 Å². The van der Waals surface area contributed by atoms with Gasteiger partial charge < -0.3 is 5.32 Å². The number of alkyl halides is 2. The molecule has 6 heteroatoms. The number of hydrogen-bond acceptors (Lipinski definition) is 3. The molecule has 1 fully saturated rings. The molecule has 1 aliphatic rings. The average Bonchev–Trinajstić information content (AvgIpc) is 2.33. The highest BCUT2D eigenvalue weighted by Gasteiger charge is 2.38. The Hall–Kier alpha value is -0.290. The summed E-state index contributed by atoms with van der Waals surface area (Å²) in [6.07, 6.45) is 1.49. The van der Waals surface area contributed by atoms with Crippen molar-refractivity contribution < 1.29 is 8.42 Å². The molecule has 0 saturated carbocycles. The molecule has 2 rings (SSSR count). The van der Waals surface area contributed by atoms with E-state index in [4.69, 9.17) is 23.2 Å². The molecule has 0 aromatic heterocycles. The van der Waals surface area contributed by atoms with Gasteiger partial charge in [0.2, 0.25) is 0 Å². The third kappa shape index (κ3) is 3.18. The quantitative estimate of drug-likeness (QED) is 0.868. The normalized spacial score (nSPS) is 23.8. The molecule has 1 atom stereocenters. The smallest absolute Gasteiger partial charge is 0.156 e. The Labute approximate surface area is 117 Å². The molecule has 1 radical (unpaired) electrons. The van der Waals surface area contributed by atoms with Crippen molar-refractivity contribution in [3.8, 4) is 0 Å². The van der Waals surface area contributed by atoms with E-state index in [1.807, 2.05) is 18.2 Å². The van der Waals surface area contributed by atoms with E-state index in [9.17, 15) is 8.42 Å². The van der Waals surface area contributed by atoms with Crippen LogP contribution >= 0.6 is 23.2 Å². The van der Waals surface area contributed by atoms with E-state index in [1.165, 1.54) is 6.42 Å². The number of halogens is 2. The summed E-state index contributed by atoms with van der Waals surface area (Å²) >= 11 is 12.5. The second-order valence-corrected chi connectivity index (χ2v) is 7.99. The van der Waals surface area contributed by atoms with E-state index in [0.717, 1.165) is 0 Å². The van der Waals surface area contributed by atoms with Crippen molar-refractivity contribution in [1.82, 2.24) is 5.32 Å². The molecule has 0 spiro atoms. The third-order valence-electron chi connectivity index (χ3n) is 2.92. The molecule has 1 heterocycles. The lowest BCUT2D eigenvalue weighted by Gasteiger charge is -2.28. The molecule has 0 aliphatic carbocycles. The molecule has 1 saturated heterocycles. The Morgan fingerprint density at radius 3 is 2.56 bits per heavy atom. The molecular weight excluding hydrogens is 293 g/mol. The average molecular weight is 307 g/mol. The van der Waals surface area contributed by atoms with E-state index in [0.29, 0.717) is 18.7 Å². The minimum Gasteiger partial charge on any atom is -0.314 e. The molecule has 1 N–H and O–H groups in total. The van der Waals surface area contributed by atoms with Gasteiger partial charge >= 0.3 is 0 Å². The van der Waals surface area contributed by atoms with Crippen LogP contribution in [0.5, 0.6) is 0 Å². The second kappa shape index (κ2) is 5.37. The van der Waals surface area contributed by atoms with Crippen LogP contribution in [0.3, 0.4) is 0 Å². The van der Waals surface area contributed by atoms with Crippen LogP contribution in [0.2, 0.25) is 0 Å². The molecule has 1 aliphatic heterocycles. The van der Waals surface area contributed by atoms with Crippen LogP contribution < -0.4 is 5.32 Å². The molecular formula is C12H14Cl2NO2S. The number of nitrogens with one attached hydrogen (secondary N) is 1. The zero-order valence-corrected chi connectivity index (χ0v) is 12.0. The molecule has 0 bridgehead atoms. The summed E-state index contributed by atoms with van der Waals surface area (Å²) in [7, 11) is -3.15. The van der Waals surface area contributed by atoms with Crippen molar-refractivity contribution in [1.29, 1.82) is 0 Å². The van der Waals surface area contributed by atoms with Crippen molar-refractivity contribution >= 4 is 33.0 Å². The van der Waals surface area contributed by atoms with Gasteiger partial charge in [-0.25, -0.2) is 8.42 Å². The predicted molar refractivity (Wildman–Crippen MR) is 74.6 cm³/mol. The maximum absolute atomic E-state index is 11.9. The van der Waals surface area contributed by atoms with Crippen LogP contribution in [-0.4, -0.2) is 32.5 Å². The molecule has 1 aromatic carbocycles. The first-order chi connectivity index (χ1) is 8.42. The van der Waals surface area contributed by atoms with Crippen LogP contribution in [0.1, 0.15) is 5.56 Å². The van der Waals surface area contributed by atoms with Gasteiger partial charge in [-0.15, -0.1) is 0 Å². The van der Waals surface area contributed by atoms with Gasteiger partial charge in [0.05, 0.1) is 11.0 Å². The van der Waals surface area contributed by atoms with Gasteiger partial charge in [-0.3, -0.25) is 0 Å². The fourth-order valence-corrected chi connectivity index (χ4v) is 4.11. The minimum absolute atomic E-state index is 0.118. The predicted octanol–water partition coefficient (Wildman–Crippen LogP) is 1.91. The molecule has 1 unspecified atom stereocenters. The summed E-state index contributed by atoms with van der Waals surface area (Å²) in [6.45, 7) is 0.839. The number of sulfone groups is 1. The lowest BCUT2D eigenvalue weighted by atomic mass is 10.1. The lowest BCUT2D eigenvalue weighted by Crippen LogP contribution is -2.46. The Morgan fingerprint density at radius 2 is 1.94 bits per heavy atom. The minimum atomic E-state index is -3.15. The number of benzene rings is 1. The summed E-state index contributed by atoms with van der Waals surface area (Å²) in [5.74, 6) is 0.118. The van der Waals surface area contributed by atoms with Crippen molar-refractivity contribution in [2.45, 2.75) is 9.58 Å². The van der Waals surface area contributed by atoms with E-state index in [2.05, 4.69) is 5.32 Å². The Balaban J connectivity index is 2.18. The molecule has 0 amide bonds. The summed E-state index contributed by atoms with van der Waals surface area (Å²) < 4.78 is 22.5. The Kier molecular flexibility index (Phi) is 4.22. The van der Waals surface area contributed by atoms with Crippen LogP contribution in [-0.2, 0) is 14.2 Å². The highest BCUT2D eigenvalue weighted by atomic mass is 35.5. The third-order valence-corrected chi connectivity index (χ3v) is 5.61. The van der Waals surface area contributed by atoms with Gasteiger partial charge in [-0.1, -0.05) is 53.5 Å². The van der Waals surface area contributed by atoms with Gasteiger partial charge in [-0.05, 0) is 5.56 Å². The van der Waals surface area contributed by atoms with Crippen LogP contribution in [0.15, 0.2) is 30.3 Å². The van der Waals surface area contributed by atoms with Crippen molar-refractivity contribution in [2.24, 2.45) is 0 Å². The summed E-state index contributed by atoms with van der Waals surface area (Å²) in [4.78, 5) is 0. The maximum atomic E-state index is 11.9. The maximum Gasteiger partial charge on any atom is 0.156 e. The SMILES string of the molecule is O=S1(=O)CCNCC1[CH]C(Cl)(Cl)c1ccccc1. The first kappa shape index (κ1) is 14.1. The lowest BCUT2D eigenvalue weighted by molar-refractivity contribution is 0.553. The van der Waals surface area contributed by atoms with Gasteiger partial charge in [0.15, 0.2) is 9.84 Å². The van der Waals surface area contributed by atoms with E-state index in [1.54, 1.807) is 12.1 Å². The van der Waals surface area contributed by atoms with Crippen LogP contribution in [0, 0.1) is 6.42 Å². The van der Waals surface area contributed by atoms with E-state index < -0.39 is 19.4 Å². The van der Waals surface area contributed by atoms with Gasteiger partial charge in [0.25, 0.3) is 0 Å². The van der Waals surface area contributed by atoms with E-state index >= 15 is 0 Å². The zero-order chi connectivity index (χ0) is 13.2. The summed E-state index contributed by atoms with van der Waals surface area (Å²) in [5, 5.41) is 2.39. The molecule has 3 nitrogen and oxygen atoms in total. The summed E-state index contributed by atoms with van der Waals surface area (Å²) in [6, 6.07) is 9.04.